The van der Waals surface area contributed by atoms with Crippen molar-refractivity contribution in [1.29, 1.82) is 0 Å². The van der Waals surface area contributed by atoms with Gasteiger partial charge in [0.2, 0.25) is 0 Å². The third-order valence-corrected chi connectivity index (χ3v) is 5.57. The van der Waals surface area contributed by atoms with E-state index in [1.54, 1.807) is 25.1 Å². The fraction of sp³-hybridized carbons (Fsp3) is 0.174. The van der Waals surface area contributed by atoms with Gasteiger partial charge in [-0.15, -0.1) is 0 Å². The van der Waals surface area contributed by atoms with Gasteiger partial charge in [0.15, 0.2) is 5.78 Å². The Bertz CT molecular complexity index is 1160. The number of ketones is 1. The average molecular weight is 375 g/mol. The molecule has 4 nitrogen and oxygen atoms in total. The van der Waals surface area contributed by atoms with Crippen molar-refractivity contribution in [1.82, 2.24) is 0 Å². The molecule has 0 bridgehead atoms. The van der Waals surface area contributed by atoms with Gasteiger partial charge in [0, 0.05) is 28.7 Å². The lowest BCUT2D eigenvalue weighted by molar-refractivity contribution is -0.384. The van der Waals surface area contributed by atoms with Crippen LogP contribution in [0.5, 0.6) is 0 Å². The summed E-state index contributed by atoms with van der Waals surface area (Å²) in [6, 6.07) is 14.5. The van der Waals surface area contributed by atoms with Gasteiger partial charge in [-0.25, -0.2) is 4.39 Å². The minimum absolute atomic E-state index is 0.0536. The van der Waals surface area contributed by atoms with Crippen LogP contribution < -0.4 is 0 Å². The Morgan fingerprint density at radius 1 is 0.964 bits per heavy atom. The van der Waals surface area contributed by atoms with E-state index in [9.17, 15) is 19.3 Å². The molecule has 1 aliphatic rings. The van der Waals surface area contributed by atoms with Crippen molar-refractivity contribution in [2.45, 2.75) is 26.2 Å². The first-order valence-corrected chi connectivity index (χ1v) is 8.95. The van der Waals surface area contributed by atoms with E-state index in [1.165, 1.54) is 24.3 Å². The Labute approximate surface area is 161 Å². The topological polar surface area (TPSA) is 60.2 Å². The summed E-state index contributed by atoms with van der Waals surface area (Å²) in [5.41, 5.74) is 4.90. The van der Waals surface area contributed by atoms with Crippen LogP contribution in [0.15, 0.2) is 54.6 Å². The number of nitro groups is 1. The third-order valence-electron chi connectivity index (χ3n) is 5.57. The van der Waals surface area contributed by atoms with Crippen LogP contribution in [0.1, 0.15) is 46.5 Å². The highest BCUT2D eigenvalue weighted by Crippen LogP contribution is 2.49. The summed E-state index contributed by atoms with van der Waals surface area (Å²) >= 11 is 0. The second-order valence-corrected chi connectivity index (χ2v) is 7.66. The molecule has 4 rings (SSSR count). The lowest BCUT2D eigenvalue weighted by Gasteiger charge is -2.21. The molecule has 1 aliphatic carbocycles. The molecule has 0 fully saturated rings. The van der Waals surface area contributed by atoms with Crippen molar-refractivity contribution < 1.29 is 14.1 Å². The highest BCUT2D eigenvalue weighted by atomic mass is 19.1. The summed E-state index contributed by atoms with van der Waals surface area (Å²) in [6.45, 7) is 5.71. The molecule has 0 N–H and O–H groups in total. The molecule has 0 amide bonds. The monoisotopic (exact) mass is 375 g/mol. The highest BCUT2D eigenvalue weighted by Gasteiger charge is 2.37. The Kier molecular flexibility index (Phi) is 3.93. The lowest BCUT2D eigenvalue weighted by Crippen LogP contribution is -2.16. The van der Waals surface area contributed by atoms with Gasteiger partial charge < -0.3 is 0 Å². The molecular weight excluding hydrogens is 357 g/mol. The minimum Gasteiger partial charge on any atom is -0.289 e. The number of aryl methyl sites for hydroxylation is 1. The minimum atomic E-state index is -0.467. The standard InChI is InChI=1S/C23H18FNO3/c1-13-10-15(24)5-8-17(13)22(26)14-4-7-18-19-9-6-16(25(27)28)12-21(19)23(2,3)20(18)11-14/h4-12H,1-3H3. The van der Waals surface area contributed by atoms with Crippen LogP contribution in [0.4, 0.5) is 10.1 Å². The second-order valence-electron chi connectivity index (χ2n) is 7.66. The third kappa shape index (κ3) is 2.62. The van der Waals surface area contributed by atoms with E-state index in [0.29, 0.717) is 16.7 Å². The molecule has 0 radical (unpaired) electrons. The predicted molar refractivity (Wildman–Crippen MR) is 105 cm³/mol. The van der Waals surface area contributed by atoms with E-state index >= 15 is 0 Å². The highest BCUT2D eigenvalue weighted by molar-refractivity contribution is 6.10. The number of carbonyl (C=O) groups excluding carboxylic acids is 1. The zero-order valence-electron chi connectivity index (χ0n) is 15.7. The number of hydrogen-bond donors (Lipinski definition) is 0. The van der Waals surface area contributed by atoms with Gasteiger partial charge in [0.25, 0.3) is 5.69 Å². The summed E-state index contributed by atoms with van der Waals surface area (Å²) in [5.74, 6) is -0.542. The summed E-state index contributed by atoms with van der Waals surface area (Å²) in [4.78, 5) is 23.8. The molecule has 0 heterocycles. The normalized spacial score (nSPS) is 13.7. The number of non-ortho nitro benzene ring substituents is 1. The molecule has 3 aromatic carbocycles. The number of carbonyl (C=O) groups is 1. The van der Waals surface area contributed by atoms with Crippen LogP contribution in [-0.2, 0) is 5.41 Å². The van der Waals surface area contributed by atoms with Crippen LogP contribution in [0.2, 0.25) is 0 Å². The first kappa shape index (κ1) is 18.0. The molecule has 28 heavy (non-hydrogen) atoms. The number of halogens is 1. The Morgan fingerprint density at radius 2 is 1.61 bits per heavy atom. The van der Waals surface area contributed by atoms with Crippen molar-refractivity contribution in [2.24, 2.45) is 0 Å². The summed E-state index contributed by atoms with van der Waals surface area (Å²) in [7, 11) is 0. The molecule has 0 unspecified atom stereocenters. The average Bonchev–Trinajstić information content (AvgIpc) is 2.88. The van der Waals surface area contributed by atoms with Crippen LogP contribution in [0, 0.1) is 22.9 Å². The Hall–Kier alpha value is -3.34. The fourth-order valence-electron chi connectivity index (χ4n) is 4.02. The number of fused-ring (bicyclic) bond motifs is 3. The zero-order valence-corrected chi connectivity index (χ0v) is 15.7. The van der Waals surface area contributed by atoms with Crippen molar-refractivity contribution >= 4 is 11.5 Å². The maximum Gasteiger partial charge on any atom is 0.269 e. The van der Waals surface area contributed by atoms with Crippen LogP contribution in [-0.4, -0.2) is 10.7 Å². The number of hydrogen-bond acceptors (Lipinski definition) is 3. The van der Waals surface area contributed by atoms with Gasteiger partial charge in [0.05, 0.1) is 4.92 Å². The van der Waals surface area contributed by atoms with Gasteiger partial charge in [0.1, 0.15) is 5.82 Å². The Balaban J connectivity index is 1.82. The van der Waals surface area contributed by atoms with Gasteiger partial charge in [-0.3, -0.25) is 14.9 Å². The van der Waals surface area contributed by atoms with E-state index in [0.717, 1.165) is 22.3 Å². The molecule has 0 saturated heterocycles. The maximum absolute atomic E-state index is 13.4. The molecular formula is C23H18FNO3. The largest absolute Gasteiger partial charge is 0.289 e. The van der Waals surface area contributed by atoms with E-state index in [-0.39, 0.29) is 17.3 Å². The fourth-order valence-corrected chi connectivity index (χ4v) is 4.02. The van der Waals surface area contributed by atoms with Gasteiger partial charge in [-0.1, -0.05) is 26.0 Å². The smallest absolute Gasteiger partial charge is 0.269 e. The molecule has 0 aliphatic heterocycles. The molecule has 5 heteroatoms. The van der Waals surface area contributed by atoms with Crippen LogP contribution in [0.25, 0.3) is 11.1 Å². The molecule has 0 spiro atoms. The Morgan fingerprint density at radius 3 is 2.25 bits per heavy atom. The number of rotatable bonds is 3. The SMILES string of the molecule is Cc1cc(F)ccc1C(=O)c1ccc2c(c1)C(C)(C)c1cc([N+](=O)[O-])ccc1-2. The summed E-state index contributed by atoms with van der Waals surface area (Å²) < 4.78 is 13.4. The van der Waals surface area contributed by atoms with Crippen molar-refractivity contribution in [3.8, 4) is 11.1 Å². The maximum atomic E-state index is 13.4. The number of nitro benzene ring substituents is 1. The second kappa shape index (κ2) is 6.09. The van der Waals surface area contributed by atoms with Crippen molar-refractivity contribution in [2.75, 3.05) is 0 Å². The van der Waals surface area contributed by atoms with Crippen LogP contribution >= 0.6 is 0 Å². The van der Waals surface area contributed by atoms with Gasteiger partial charge in [-0.2, -0.15) is 0 Å². The van der Waals surface area contributed by atoms with E-state index < -0.39 is 10.3 Å². The van der Waals surface area contributed by atoms with E-state index in [2.05, 4.69) is 0 Å². The first-order valence-electron chi connectivity index (χ1n) is 8.95. The zero-order chi connectivity index (χ0) is 20.2. The molecule has 140 valence electrons. The summed E-state index contributed by atoms with van der Waals surface area (Å²) in [5, 5.41) is 11.2. The molecule has 0 saturated carbocycles. The lowest BCUT2D eigenvalue weighted by atomic mass is 9.81. The van der Waals surface area contributed by atoms with E-state index in [1.807, 2.05) is 26.0 Å². The van der Waals surface area contributed by atoms with Crippen LogP contribution in [0.3, 0.4) is 0 Å². The van der Waals surface area contributed by atoms with E-state index in [4.69, 9.17) is 0 Å². The summed E-state index contributed by atoms with van der Waals surface area (Å²) in [6.07, 6.45) is 0. The molecule has 0 aromatic heterocycles. The van der Waals surface area contributed by atoms with Gasteiger partial charge >= 0.3 is 0 Å². The quantitative estimate of drug-likeness (QED) is 0.341. The predicted octanol–water partition coefficient (Wildman–Crippen LogP) is 5.58. The van der Waals surface area contributed by atoms with Crippen molar-refractivity contribution in [3.05, 3.63) is 98.3 Å². The molecule has 3 aromatic rings. The number of benzene rings is 3. The first-order chi connectivity index (χ1) is 13.2. The molecule has 0 atom stereocenters. The van der Waals surface area contributed by atoms with Gasteiger partial charge in [-0.05, 0) is 65.1 Å². The number of nitrogens with zero attached hydrogens (tertiary/aromatic N) is 1. The van der Waals surface area contributed by atoms with Crippen molar-refractivity contribution in [3.63, 3.8) is 0 Å².